The van der Waals surface area contributed by atoms with E-state index in [1.165, 1.54) is 0 Å². The van der Waals surface area contributed by atoms with E-state index in [-0.39, 0.29) is 17.9 Å². The van der Waals surface area contributed by atoms with E-state index >= 15 is 0 Å². The molecule has 0 aliphatic heterocycles. The van der Waals surface area contributed by atoms with Gasteiger partial charge in [-0.3, -0.25) is 4.79 Å². The fraction of sp³-hybridized carbons (Fsp3) is 0.381. The SMILES string of the molecule is COc1ccc(CCNC(=O)C(C)C(N)c2ccccc2)c(OC)c1OC. The van der Waals surface area contributed by atoms with Crippen LogP contribution in [0.25, 0.3) is 0 Å². The predicted molar refractivity (Wildman–Crippen MR) is 105 cm³/mol. The number of amides is 1. The molecule has 6 heteroatoms. The van der Waals surface area contributed by atoms with E-state index in [9.17, 15) is 4.79 Å². The fourth-order valence-corrected chi connectivity index (χ4v) is 2.97. The fourth-order valence-electron chi connectivity index (χ4n) is 2.97. The van der Waals surface area contributed by atoms with Crippen molar-refractivity contribution in [3.63, 3.8) is 0 Å². The molecule has 0 aliphatic carbocycles. The summed E-state index contributed by atoms with van der Waals surface area (Å²) in [5, 5.41) is 2.95. The molecule has 0 saturated heterocycles. The lowest BCUT2D eigenvalue weighted by molar-refractivity contribution is -0.125. The third-order valence-electron chi connectivity index (χ3n) is 4.62. The molecule has 0 spiro atoms. The Morgan fingerprint density at radius 2 is 1.67 bits per heavy atom. The summed E-state index contributed by atoms with van der Waals surface area (Å²) < 4.78 is 16.2. The maximum atomic E-state index is 12.5. The summed E-state index contributed by atoms with van der Waals surface area (Å²) >= 11 is 0. The molecule has 1 amide bonds. The molecule has 6 nitrogen and oxygen atoms in total. The van der Waals surface area contributed by atoms with Crippen molar-refractivity contribution >= 4 is 5.91 Å². The van der Waals surface area contributed by atoms with Gasteiger partial charge in [0.25, 0.3) is 0 Å². The molecule has 146 valence electrons. The normalized spacial score (nSPS) is 12.8. The van der Waals surface area contributed by atoms with Crippen LogP contribution in [0.3, 0.4) is 0 Å². The third-order valence-corrected chi connectivity index (χ3v) is 4.62. The Morgan fingerprint density at radius 3 is 2.26 bits per heavy atom. The Kier molecular flexibility index (Phi) is 7.49. The number of rotatable bonds is 9. The highest BCUT2D eigenvalue weighted by Crippen LogP contribution is 2.39. The molecule has 2 atom stereocenters. The lowest BCUT2D eigenvalue weighted by atomic mass is 9.94. The second kappa shape index (κ2) is 9.83. The number of hydrogen-bond donors (Lipinski definition) is 2. The van der Waals surface area contributed by atoms with Crippen LogP contribution in [-0.4, -0.2) is 33.8 Å². The molecule has 3 N–H and O–H groups in total. The zero-order valence-electron chi connectivity index (χ0n) is 16.3. The largest absolute Gasteiger partial charge is 0.493 e. The quantitative estimate of drug-likeness (QED) is 0.707. The van der Waals surface area contributed by atoms with Crippen molar-refractivity contribution in [3.8, 4) is 17.2 Å². The predicted octanol–water partition coefficient (Wildman–Crippen LogP) is 2.71. The average molecular weight is 372 g/mol. The van der Waals surface area contributed by atoms with Crippen LogP contribution in [-0.2, 0) is 11.2 Å². The lowest BCUT2D eigenvalue weighted by Gasteiger charge is -2.20. The van der Waals surface area contributed by atoms with Crippen molar-refractivity contribution in [3.05, 3.63) is 53.6 Å². The first-order valence-corrected chi connectivity index (χ1v) is 8.89. The molecule has 0 fully saturated rings. The number of nitrogens with two attached hydrogens (primary N) is 1. The summed E-state index contributed by atoms with van der Waals surface area (Å²) in [6, 6.07) is 13.0. The lowest BCUT2D eigenvalue weighted by Crippen LogP contribution is -2.36. The summed E-state index contributed by atoms with van der Waals surface area (Å²) in [6.45, 7) is 2.31. The molecule has 0 aliphatic rings. The van der Waals surface area contributed by atoms with Crippen LogP contribution in [0.1, 0.15) is 24.1 Å². The zero-order valence-corrected chi connectivity index (χ0v) is 16.3. The molecular formula is C21H28N2O4. The summed E-state index contributed by atoms with van der Waals surface area (Å²) in [7, 11) is 4.73. The first-order valence-electron chi connectivity index (χ1n) is 8.89. The van der Waals surface area contributed by atoms with E-state index in [1.807, 2.05) is 49.4 Å². The highest BCUT2D eigenvalue weighted by molar-refractivity contribution is 5.79. The van der Waals surface area contributed by atoms with Gasteiger partial charge in [-0.05, 0) is 18.1 Å². The van der Waals surface area contributed by atoms with Gasteiger partial charge in [0.2, 0.25) is 11.7 Å². The third kappa shape index (κ3) is 4.92. The van der Waals surface area contributed by atoms with Gasteiger partial charge >= 0.3 is 0 Å². The Labute approximate surface area is 160 Å². The van der Waals surface area contributed by atoms with Crippen molar-refractivity contribution in [1.82, 2.24) is 5.32 Å². The molecular weight excluding hydrogens is 344 g/mol. The molecule has 2 aromatic carbocycles. The summed E-state index contributed by atoms with van der Waals surface area (Å²) in [4.78, 5) is 12.5. The Hall–Kier alpha value is -2.73. The van der Waals surface area contributed by atoms with E-state index in [0.717, 1.165) is 11.1 Å². The van der Waals surface area contributed by atoms with Crippen LogP contribution >= 0.6 is 0 Å². The first-order chi connectivity index (χ1) is 13.0. The van der Waals surface area contributed by atoms with Crippen LogP contribution in [0.2, 0.25) is 0 Å². The van der Waals surface area contributed by atoms with E-state index in [4.69, 9.17) is 19.9 Å². The molecule has 2 rings (SSSR count). The van der Waals surface area contributed by atoms with Crippen molar-refractivity contribution < 1.29 is 19.0 Å². The molecule has 2 aromatic rings. The van der Waals surface area contributed by atoms with Gasteiger partial charge in [0.05, 0.1) is 27.2 Å². The average Bonchev–Trinajstić information content (AvgIpc) is 2.72. The highest BCUT2D eigenvalue weighted by Gasteiger charge is 2.22. The molecule has 0 heterocycles. The Balaban J connectivity index is 1.98. The summed E-state index contributed by atoms with van der Waals surface area (Å²) in [5.74, 6) is 1.35. The van der Waals surface area contributed by atoms with Gasteiger partial charge in [0.1, 0.15) is 0 Å². The van der Waals surface area contributed by atoms with Gasteiger partial charge in [-0.15, -0.1) is 0 Å². The van der Waals surface area contributed by atoms with Crippen LogP contribution in [0, 0.1) is 5.92 Å². The number of carbonyl (C=O) groups is 1. The van der Waals surface area contributed by atoms with Crippen LogP contribution in [0.15, 0.2) is 42.5 Å². The number of methoxy groups -OCH3 is 3. The van der Waals surface area contributed by atoms with Crippen molar-refractivity contribution in [2.75, 3.05) is 27.9 Å². The van der Waals surface area contributed by atoms with E-state index in [1.54, 1.807) is 21.3 Å². The van der Waals surface area contributed by atoms with Gasteiger partial charge in [0, 0.05) is 18.2 Å². The Morgan fingerprint density at radius 1 is 1.00 bits per heavy atom. The molecule has 0 saturated carbocycles. The van der Waals surface area contributed by atoms with Crippen molar-refractivity contribution in [2.24, 2.45) is 11.7 Å². The van der Waals surface area contributed by atoms with Crippen molar-refractivity contribution in [1.29, 1.82) is 0 Å². The van der Waals surface area contributed by atoms with E-state index in [2.05, 4.69) is 5.32 Å². The molecule has 0 radical (unpaired) electrons. The minimum atomic E-state index is -0.346. The number of carbonyl (C=O) groups excluding carboxylic acids is 1. The van der Waals surface area contributed by atoms with Gasteiger partial charge in [-0.2, -0.15) is 0 Å². The molecule has 2 unspecified atom stereocenters. The topological polar surface area (TPSA) is 82.8 Å². The van der Waals surface area contributed by atoms with Crippen molar-refractivity contribution in [2.45, 2.75) is 19.4 Å². The summed E-state index contributed by atoms with van der Waals surface area (Å²) in [6.07, 6.45) is 0.600. The van der Waals surface area contributed by atoms with E-state index < -0.39 is 0 Å². The maximum absolute atomic E-state index is 12.5. The van der Waals surface area contributed by atoms with Gasteiger partial charge < -0.3 is 25.3 Å². The first kappa shape index (κ1) is 20.6. The minimum absolute atomic E-state index is 0.0780. The molecule has 27 heavy (non-hydrogen) atoms. The van der Waals surface area contributed by atoms with Gasteiger partial charge in [-0.25, -0.2) is 0 Å². The van der Waals surface area contributed by atoms with Crippen LogP contribution in [0.4, 0.5) is 0 Å². The van der Waals surface area contributed by atoms with Gasteiger partial charge in [0.15, 0.2) is 11.5 Å². The number of nitrogens with one attached hydrogen (secondary N) is 1. The Bertz CT molecular complexity index is 749. The van der Waals surface area contributed by atoms with Gasteiger partial charge in [-0.1, -0.05) is 43.3 Å². The number of benzene rings is 2. The second-order valence-corrected chi connectivity index (χ2v) is 6.26. The van der Waals surface area contributed by atoms with E-state index in [0.29, 0.717) is 30.2 Å². The van der Waals surface area contributed by atoms with Crippen LogP contribution in [0.5, 0.6) is 17.2 Å². The monoisotopic (exact) mass is 372 g/mol. The minimum Gasteiger partial charge on any atom is -0.493 e. The molecule has 0 aromatic heterocycles. The second-order valence-electron chi connectivity index (χ2n) is 6.26. The standard InChI is InChI=1S/C21H28N2O4/c1-14(18(22)15-8-6-5-7-9-15)21(24)23-13-12-16-10-11-17(25-2)20(27-4)19(16)26-3/h5-11,14,18H,12-13,22H2,1-4H3,(H,23,24). The number of hydrogen-bond acceptors (Lipinski definition) is 5. The highest BCUT2D eigenvalue weighted by atomic mass is 16.5. The maximum Gasteiger partial charge on any atom is 0.224 e. The smallest absolute Gasteiger partial charge is 0.224 e. The zero-order chi connectivity index (χ0) is 19.8. The number of ether oxygens (including phenoxy) is 3. The summed E-state index contributed by atoms with van der Waals surface area (Å²) in [5.41, 5.74) is 8.10. The van der Waals surface area contributed by atoms with Crippen LogP contribution < -0.4 is 25.3 Å². The molecule has 0 bridgehead atoms.